The quantitative estimate of drug-likeness (QED) is 0.649. The summed E-state index contributed by atoms with van der Waals surface area (Å²) >= 11 is 1.38. The first-order valence-electron chi connectivity index (χ1n) is 8.87. The predicted octanol–water partition coefficient (Wildman–Crippen LogP) is 4.94. The molecule has 0 bridgehead atoms. The lowest BCUT2D eigenvalue weighted by Gasteiger charge is -2.27. The molecule has 0 amide bonds. The first-order valence-corrected chi connectivity index (χ1v) is 9.69. The maximum atomic E-state index is 9.72. The number of thiophene rings is 1. The second kappa shape index (κ2) is 8.30. The van der Waals surface area contributed by atoms with Gasteiger partial charge in [0.15, 0.2) is 5.06 Å². The van der Waals surface area contributed by atoms with E-state index in [4.69, 9.17) is 4.74 Å². The van der Waals surface area contributed by atoms with Crippen LogP contribution in [0.25, 0.3) is 10.1 Å². The molecule has 3 nitrogen and oxygen atoms in total. The number of aromatic hydroxyl groups is 1. The van der Waals surface area contributed by atoms with Gasteiger partial charge in [0.05, 0.1) is 0 Å². The summed E-state index contributed by atoms with van der Waals surface area (Å²) in [5.74, 6) is 0.845. The van der Waals surface area contributed by atoms with E-state index in [2.05, 4.69) is 36.5 Å². The molecule has 1 heterocycles. The Labute approximate surface area is 164 Å². The van der Waals surface area contributed by atoms with Crippen molar-refractivity contribution < 1.29 is 9.84 Å². The van der Waals surface area contributed by atoms with Crippen LogP contribution in [-0.2, 0) is 12.8 Å². The Morgan fingerprint density at radius 2 is 2.00 bits per heavy atom. The van der Waals surface area contributed by atoms with Gasteiger partial charge in [-0.25, -0.2) is 0 Å². The molecule has 2 aromatic carbocycles. The Kier molecular flexibility index (Phi) is 6.07. The zero-order valence-electron chi connectivity index (χ0n) is 14.8. The van der Waals surface area contributed by atoms with E-state index in [0.717, 1.165) is 35.2 Å². The van der Waals surface area contributed by atoms with E-state index >= 15 is 0 Å². The topological polar surface area (TPSA) is 41.5 Å². The minimum atomic E-state index is 0. The van der Waals surface area contributed by atoms with Crippen LogP contribution in [0.1, 0.15) is 24.5 Å². The van der Waals surface area contributed by atoms with Gasteiger partial charge in [0, 0.05) is 28.7 Å². The smallest absolute Gasteiger partial charge is 0.172 e. The highest BCUT2D eigenvalue weighted by atomic mass is 35.5. The number of aryl methyl sites for hydroxylation is 1. The van der Waals surface area contributed by atoms with E-state index in [1.807, 2.05) is 18.2 Å². The summed E-state index contributed by atoms with van der Waals surface area (Å²) in [7, 11) is 0. The van der Waals surface area contributed by atoms with Crippen LogP contribution in [0.4, 0.5) is 0 Å². The lowest BCUT2D eigenvalue weighted by molar-refractivity contribution is 0.212. The van der Waals surface area contributed by atoms with Crippen LogP contribution in [0.15, 0.2) is 48.5 Å². The molecule has 2 atom stereocenters. The lowest BCUT2D eigenvalue weighted by atomic mass is 9.88. The standard InChI is InChI=1S/C21H23NO2S.ClH/c1-14(24-19-7-4-8-20-18(19)12-21(23)25-20)13-22-17-10-9-15-5-2-3-6-16(15)11-17;/h2-8,12,14,17,22-23H,9-11,13H2,1H3;1H. The third kappa shape index (κ3) is 4.14. The molecule has 2 N–H and O–H groups in total. The average molecular weight is 390 g/mol. The van der Waals surface area contributed by atoms with Crippen molar-refractivity contribution in [2.45, 2.75) is 38.3 Å². The molecule has 0 aliphatic heterocycles. The van der Waals surface area contributed by atoms with Crippen LogP contribution in [0, 0.1) is 0 Å². The van der Waals surface area contributed by atoms with Gasteiger partial charge in [0.25, 0.3) is 0 Å². The summed E-state index contributed by atoms with van der Waals surface area (Å²) in [5, 5.41) is 14.7. The van der Waals surface area contributed by atoms with Gasteiger partial charge in [-0.1, -0.05) is 41.7 Å². The van der Waals surface area contributed by atoms with E-state index < -0.39 is 0 Å². The van der Waals surface area contributed by atoms with E-state index in [0.29, 0.717) is 11.1 Å². The molecule has 1 aliphatic rings. The number of benzene rings is 2. The van der Waals surface area contributed by atoms with E-state index in [1.54, 1.807) is 6.07 Å². The van der Waals surface area contributed by atoms with E-state index in [9.17, 15) is 5.11 Å². The summed E-state index contributed by atoms with van der Waals surface area (Å²) in [5.41, 5.74) is 2.96. The van der Waals surface area contributed by atoms with Crippen molar-refractivity contribution in [2.75, 3.05) is 6.54 Å². The van der Waals surface area contributed by atoms with Crippen molar-refractivity contribution in [1.82, 2.24) is 5.32 Å². The molecule has 1 aliphatic carbocycles. The number of hydrogen-bond donors (Lipinski definition) is 2. The fourth-order valence-corrected chi connectivity index (χ4v) is 4.40. The molecule has 0 spiro atoms. The molecule has 26 heavy (non-hydrogen) atoms. The summed E-state index contributed by atoms with van der Waals surface area (Å²) < 4.78 is 7.19. The van der Waals surface area contributed by atoms with Crippen molar-refractivity contribution in [3.05, 3.63) is 59.7 Å². The molecule has 5 heteroatoms. The maximum Gasteiger partial charge on any atom is 0.172 e. The zero-order chi connectivity index (χ0) is 17.2. The molecule has 0 fully saturated rings. The maximum absolute atomic E-state index is 9.72. The van der Waals surface area contributed by atoms with Gasteiger partial charge in [-0.05, 0) is 49.4 Å². The molecule has 0 saturated heterocycles. The number of halogens is 1. The highest BCUT2D eigenvalue weighted by Crippen LogP contribution is 2.36. The lowest BCUT2D eigenvalue weighted by Crippen LogP contribution is -2.40. The normalized spacial score (nSPS) is 17.3. The van der Waals surface area contributed by atoms with Crippen molar-refractivity contribution in [1.29, 1.82) is 0 Å². The summed E-state index contributed by atoms with van der Waals surface area (Å²) in [6, 6.07) is 17.0. The van der Waals surface area contributed by atoms with Crippen LogP contribution in [0.3, 0.4) is 0 Å². The fraction of sp³-hybridized carbons (Fsp3) is 0.333. The summed E-state index contributed by atoms with van der Waals surface area (Å²) in [4.78, 5) is 0. The van der Waals surface area contributed by atoms with Gasteiger partial charge < -0.3 is 15.2 Å². The van der Waals surface area contributed by atoms with Gasteiger partial charge in [0.1, 0.15) is 11.9 Å². The van der Waals surface area contributed by atoms with Gasteiger partial charge in [-0.3, -0.25) is 0 Å². The molecule has 0 radical (unpaired) electrons. The summed E-state index contributed by atoms with van der Waals surface area (Å²) in [6.45, 7) is 2.91. The molecule has 138 valence electrons. The minimum Gasteiger partial charge on any atom is -0.499 e. The van der Waals surface area contributed by atoms with Crippen molar-refractivity contribution >= 4 is 33.8 Å². The molecular formula is C21H24ClNO2S. The Bertz CT molecular complexity index is 879. The highest BCUT2D eigenvalue weighted by Gasteiger charge is 2.19. The first kappa shape index (κ1) is 19.0. The van der Waals surface area contributed by atoms with E-state index in [1.165, 1.54) is 28.9 Å². The monoisotopic (exact) mass is 389 g/mol. The number of ether oxygens (including phenoxy) is 1. The van der Waals surface area contributed by atoms with Crippen molar-refractivity contribution in [2.24, 2.45) is 0 Å². The first-order chi connectivity index (χ1) is 12.2. The fourth-order valence-electron chi connectivity index (χ4n) is 3.59. The van der Waals surface area contributed by atoms with Crippen molar-refractivity contribution in [3.63, 3.8) is 0 Å². The van der Waals surface area contributed by atoms with Crippen LogP contribution < -0.4 is 10.1 Å². The van der Waals surface area contributed by atoms with E-state index in [-0.39, 0.29) is 18.5 Å². The Morgan fingerprint density at radius 3 is 2.85 bits per heavy atom. The van der Waals surface area contributed by atoms with Gasteiger partial charge in [-0.2, -0.15) is 0 Å². The number of rotatable bonds is 5. The summed E-state index contributed by atoms with van der Waals surface area (Å²) in [6.07, 6.45) is 3.50. The third-order valence-electron chi connectivity index (χ3n) is 4.88. The Balaban J connectivity index is 0.00000196. The SMILES string of the molecule is CC(CNC1CCc2ccccc2C1)Oc1cccc2sc(O)cc12.Cl. The average Bonchev–Trinajstić information content (AvgIpc) is 3.01. The van der Waals surface area contributed by atoms with Crippen LogP contribution >= 0.6 is 23.7 Å². The largest absolute Gasteiger partial charge is 0.499 e. The molecular weight excluding hydrogens is 366 g/mol. The zero-order valence-corrected chi connectivity index (χ0v) is 16.4. The van der Waals surface area contributed by atoms with Crippen LogP contribution in [0.5, 0.6) is 10.8 Å². The van der Waals surface area contributed by atoms with Gasteiger partial charge in [0.2, 0.25) is 0 Å². The molecule has 0 saturated carbocycles. The van der Waals surface area contributed by atoms with Gasteiger partial charge >= 0.3 is 0 Å². The third-order valence-corrected chi connectivity index (χ3v) is 5.78. The molecule has 2 unspecified atom stereocenters. The van der Waals surface area contributed by atoms with Crippen molar-refractivity contribution in [3.8, 4) is 10.8 Å². The number of nitrogens with one attached hydrogen (secondary N) is 1. The number of hydrogen-bond acceptors (Lipinski definition) is 4. The Hall–Kier alpha value is -1.75. The number of fused-ring (bicyclic) bond motifs is 2. The highest BCUT2D eigenvalue weighted by molar-refractivity contribution is 7.20. The molecule has 3 aromatic rings. The van der Waals surface area contributed by atoms with Crippen LogP contribution in [-0.4, -0.2) is 23.8 Å². The second-order valence-electron chi connectivity index (χ2n) is 6.80. The molecule has 4 rings (SSSR count). The predicted molar refractivity (Wildman–Crippen MR) is 111 cm³/mol. The minimum absolute atomic E-state index is 0. The molecule has 1 aromatic heterocycles. The van der Waals surface area contributed by atoms with Gasteiger partial charge in [-0.15, -0.1) is 12.4 Å². The second-order valence-corrected chi connectivity index (χ2v) is 7.86. The Morgan fingerprint density at radius 1 is 1.19 bits per heavy atom. The van der Waals surface area contributed by atoms with Crippen LogP contribution in [0.2, 0.25) is 0 Å².